The molecule has 0 unspecified atom stereocenters. The molecule has 0 atom stereocenters. The smallest absolute Gasteiger partial charge is 0.250 e. The summed E-state index contributed by atoms with van der Waals surface area (Å²) in [6.07, 6.45) is 4.58. The highest BCUT2D eigenvalue weighted by molar-refractivity contribution is 7.90. The summed E-state index contributed by atoms with van der Waals surface area (Å²) in [5, 5.41) is 0. The van der Waals surface area contributed by atoms with Crippen molar-refractivity contribution >= 4 is 37.5 Å². The summed E-state index contributed by atoms with van der Waals surface area (Å²) >= 11 is 0. The zero-order valence-corrected chi connectivity index (χ0v) is 22.3. The van der Waals surface area contributed by atoms with E-state index >= 15 is 0 Å². The number of hydrogen-bond donors (Lipinski definition) is 0. The Morgan fingerprint density at radius 2 is 1.50 bits per heavy atom. The zero-order chi connectivity index (χ0) is 26.5. The van der Waals surface area contributed by atoms with Crippen molar-refractivity contribution in [2.75, 3.05) is 31.8 Å². The number of sulfone groups is 1. The van der Waals surface area contributed by atoms with E-state index in [-0.39, 0.29) is 22.2 Å². The molecule has 1 heterocycles. The highest BCUT2D eigenvalue weighted by atomic mass is 32.2. The Labute approximate surface area is 212 Å². The second-order valence-electron chi connectivity index (χ2n) is 8.41. The Bertz CT molecular complexity index is 1460. The molecule has 190 valence electrons. The maximum Gasteiger partial charge on any atom is 0.250 e. The number of aromatic nitrogens is 1. The molecule has 0 bridgehead atoms. The minimum atomic E-state index is -3.70. The van der Waals surface area contributed by atoms with Crippen LogP contribution in [0.5, 0.6) is 0 Å². The second kappa shape index (κ2) is 11.2. The van der Waals surface area contributed by atoms with Crippen LogP contribution in [0, 0.1) is 6.92 Å². The van der Waals surface area contributed by atoms with Crippen LogP contribution in [0.15, 0.2) is 82.6 Å². The van der Waals surface area contributed by atoms with Crippen LogP contribution in [-0.2, 0) is 31.1 Å². The van der Waals surface area contributed by atoms with Gasteiger partial charge in [0.05, 0.1) is 9.79 Å². The summed E-state index contributed by atoms with van der Waals surface area (Å²) < 4.78 is 50.3. The normalized spacial score (nSPS) is 12.2. The first-order chi connectivity index (χ1) is 16.9. The molecule has 0 aliphatic rings. The summed E-state index contributed by atoms with van der Waals surface area (Å²) in [4.78, 5) is 18.7. The molecular weight excluding hydrogens is 498 g/mol. The summed E-state index contributed by atoms with van der Waals surface area (Å²) in [6, 6.07) is 18.0. The molecular formula is C26H29N3O5S2. The predicted octanol–water partition coefficient (Wildman–Crippen LogP) is 3.33. The molecule has 0 radical (unpaired) electrons. The van der Waals surface area contributed by atoms with Gasteiger partial charge in [-0.1, -0.05) is 18.2 Å². The number of carbonyl (C=O) groups is 1. The lowest BCUT2D eigenvalue weighted by atomic mass is 10.2. The molecule has 0 aliphatic carbocycles. The number of likely N-dealkylation sites (N-methyl/N-ethyl adjacent to an activating group) is 2. The average Bonchev–Trinajstić information content (AvgIpc) is 2.85. The molecule has 0 saturated carbocycles. The van der Waals surface area contributed by atoms with Gasteiger partial charge >= 0.3 is 0 Å². The van der Waals surface area contributed by atoms with E-state index in [0.717, 1.165) is 17.6 Å². The van der Waals surface area contributed by atoms with Crippen molar-refractivity contribution in [3.05, 3.63) is 89.8 Å². The van der Waals surface area contributed by atoms with Gasteiger partial charge < -0.3 is 4.90 Å². The van der Waals surface area contributed by atoms with Gasteiger partial charge in [0, 0.05) is 56.5 Å². The van der Waals surface area contributed by atoms with E-state index < -0.39 is 19.9 Å². The van der Waals surface area contributed by atoms with Crippen molar-refractivity contribution in [2.45, 2.75) is 23.1 Å². The van der Waals surface area contributed by atoms with Crippen molar-refractivity contribution in [3.8, 4) is 0 Å². The number of amides is 1. The van der Waals surface area contributed by atoms with Gasteiger partial charge in [0.2, 0.25) is 10.0 Å². The van der Waals surface area contributed by atoms with E-state index in [1.165, 1.54) is 46.6 Å². The summed E-state index contributed by atoms with van der Waals surface area (Å²) in [5.74, 6) is -0.319. The molecule has 0 fully saturated rings. The van der Waals surface area contributed by atoms with Crippen LogP contribution in [0.4, 0.5) is 5.69 Å². The van der Waals surface area contributed by atoms with Crippen LogP contribution in [-0.4, -0.2) is 58.9 Å². The Morgan fingerprint density at radius 3 is 2.08 bits per heavy atom. The fraction of sp³-hybridized carbons (Fsp3) is 0.231. The van der Waals surface area contributed by atoms with Crippen LogP contribution >= 0.6 is 0 Å². The van der Waals surface area contributed by atoms with Gasteiger partial charge in [0.25, 0.3) is 5.91 Å². The number of hydrogen-bond acceptors (Lipinski definition) is 6. The summed E-state index contributed by atoms with van der Waals surface area (Å²) in [7, 11) is -3.87. The molecule has 2 aromatic carbocycles. The van der Waals surface area contributed by atoms with Gasteiger partial charge in [-0.15, -0.1) is 0 Å². The number of anilines is 1. The monoisotopic (exact) mass is 527 g/mol. The molecule has 0 saturated heterocycles. The van der Waals surface area contributed by atoms with Crippen molar-refractivity contribution in [1.29, 1.82) is 0 Å². The lowest BCUT2D eigenvalue weighted by Crippen LogP contribution is -2.29. The molecule has 3 aromatic rings. The van der Waals surface area contributed by atoms with Gasteiger partial charge in [0.15, 0.2) is 9.84 Å². The molecule has 3 rings (SSSR count). The maximum absolute atomic E-state index is 13.0. The fourth-order valence-electron chi connectivity index (χ4n) is 3.39. The van der Waals surface area contributed by atoms with E-state index in [4.69, 9.17) is 0 Å². The molecule has 1 aromatic heterocycles. The first-order valence-corrected chi connectivity index (χ1v) is 14.5. The number of nitrogens with zero attached hydrogens (tertiary/aromatic N) is 3. The minimum absolute atomic E-state index is 0.133. The number of sulfonamides is 1. The molecule has 1 amide bonds. The van der Waals surface area contributed by atoms with Crippen LogP contribution in [0.1, 0.15) is 17.0 Å². The van der Waals surface area contributed by atoms with E-state index in [2.05, 4.69) is 4.98 Å². The summed E-state index contributed by atoms with van der Waals surface area (Å²) in [5.41, 5.74) is 2.91. The van der Waals surface area contributed by atoms with E-state index in [0.29, 0.717) is 17.7 Å². The third kappa shape index (κ3) is 6.87. The molecule has 0 aliphatic heterocycles. The Hall–Kier alpha value is -3.34. The van der Waals surface area contributed by atoms with E-state index in [1.54, 1.807) is 37.4 Å². The number of carbonyl (C=O) groups excluding carboxylic acids is 1. The molecule has 0 N–H and O–H groups in total. The van der Waals surface area contributed by atoms with Crippen molar-refractivity contribution < 1.29 is 21.6 Å². The highest BCUT2D eigenvalue weighted by Gasteiger charge is 2.21. The van der Waals surface area contributed by atoms with E-state index in [9.17, 15) is 21.6 Å². The third-order valence-corrected chi connectivity index (χ3v) is 8.62. The molecule has 36 heavy (non-hydrogen) atoms. The van der Waals surface area contributed by atoms with Crippen LogP contribution in [0.3, 0.4) is 0 Å². The largest absolute Gasteiger partial charge is 0.312 e. The number of aryl methyl sites for hydroxylation is 1. The molecule has 10 heteroatoms. The van der Waals surface area contributed by atoms with Crippen LogP contribution in [0.2, 0.25) is 0 Å². The topological polar surface area (TPSA) is 105 Å². The standard InChI is InChI=1S/C26H29N3O5S2/c1-20-6-5-7-22(27-20)18-19-28(2)36(33,34)25-15-11-23(12-16-25)29(3)26(30)17-10-21-8-13-24(14-9-21)35(4,31)32/h5-17H,18-19H2,1-4H3. The average molecular weight is 528 g/mol. The number of benzene rings is 2. The van der Waals surface area contributed by atoms with Gasteiger partial charge in [-0.3, -0.25) is 9.78 Å². The van der Waals surface area contributed by atoms with Crippen molar-refractivity contribution in [1.82, 2.24) is 9.29 Å². The van der Waals surface area contributed by atoms with Gasteiger partial charge in [-0.2, -0.15) is 0 Å². The number of pyridine rings is 1. The minimum Gasteiger partial charge on any atom is -0.312 e. The SMILES string of the molecule is Cc1cccc(CCN(C)S(=O)(=O)c2ccc(N(C)C(=O)C=Cc3ccc(S(C)(=O)=O)cc3)cc2)n1. The van der Waals surface area contributed by atoms with Crippen molar-refractivity contribution in [3.63, 3.8) is 0 Å². The summed E-state index contributed by atoms with van der Waals surface area (Å²) in [6.45, 7) is 2.18. The van der Waals surface area contributed by atoms with Crippen LogP contribution in [0.25, 0.3) is 6.08 Å². The maximum atomic E-state index is 13.0. The van der Waals surface area contributed by atoms with Gasteiger partial charge in [-0.05, 0) is 67.1 Å². The lowest BCUT2D eigenvalue weighted by molar-refractivity contribution is -0.113. The fourth-order valence-corrected chi connectivity index (χ4v) is 5.19. The first-order valence-electron chi connectivity index (χ1n) is 11.1. The Kier molecular flexibility index (Phi) is 8.44. The second-order valence-corrected chi connectivity index (χ2v) is 12.5. The van der Waals surface area contributed by atoms with Gasteiger partial charge in [-0.25, -0.2) is 21.1 Å². The quantitative estimate of drug-likeness (QED) is 0.395. The predicted molar refractivity (Wildman–Crippen MR) is 141 cm³/mol. The molecule has 8 nitrogen and oxygen atoms in total. The Morgan fingerprint density at radius 1 is 0.889 bits per heavy atom. The van der Waals surface area contributed by atoms with Crippen LogP contribution < -0.4 is 4.90 Å². The zero-order valence-electron chi connectivity index (χ0n) is 20.6. The first kappa shape index (κ1) is 27.3. The highest BCUT2D eigenvalue weighted by Crippen LogP contribution is 2.20. The van der Waals surface area contributed by atoms with E-state index in [1.807, 2.05) is 25.1 Å². The van der Waals surface area contributed by atoms with Gasteiger partial charge in [0.1, 0.15) is 0 Å². The van der Waals surface area contributed by atoms with Crippen molar-refractivity contribution in [2.24, 2.45) is 0 Å². The third-order valence-electron chi connectivity index (χ3n) is 5.62. The number of rotatable bonds is 9. The Balaban J connectivity index is 1.64. The molecule has 0 spiro atoms. The lowest BCUT2D eigenvalue weighted by Gasteiger charge is -2.19.